The molecule has 0 aromatic heterocycles. The summed E-state index contributed by atoms with van der Waals surface area (Å²) in [4.78, 5) is 22.1. The normalized spacial score (nSPS) is 9.86. The lowest BCUT2D eigenvalue weighted by Gasteiger charge is -1.99. The maximum atomic E-state index is 11.1. The van der Waals surface area contributed by atoms with Crippen molar-refractivity contribution in [2.45, 2.75) is 13.3 Å². The molecule has 0 radical (unpaired) electrons. The van der Waals surface area contributed by atoms with Crippen molar-refractivity contribution in [3.8, 4) is 0 Å². The van der Waals surface area contributed by atoms with E-state index in [0.29, 0.717) is 12.0 Å². The summed E-state index contributed by atoms with van der Waals surface area (Å²) in [5, 5.41) is 0.139. The quantitative estimate of drug-likeness (QED) is 0.715. The highest BCUT2D eigenvalue weighted by molar-refractivity contribution is 8.13. The number of carbonyl (C=O) groups is 2. The number of ketones is 1. The first-order valence-electron chi connectivity index (χ1n) is 4.30. The van der Waals surface area contributed by atoms with Gasteiger partial charge in [0, 0.05) is 12.0 Å². The second-order valence-corrected chi connectivity index (χ2v) is 3.87. The average molecular weight is 208 g/mol. The minimum Gasteiger partial charge on any atom is -0.295 e. The molecule has 0 atom stereocenters. The van der Waals surface area contributed by atoms with E-state index in [-0.39, 0.29) is 10.9 Å². The van der Waals surface area contributed by atoms with Gasteiger partial charge in [-0.05, 0) is 18.7 Å². The summed E-state index contributed by atoms with van der Waals surface area (Å²) in [5.74, 6) is 0.0488. The molecule has 0 heterocycles. The second-order valence-electron chi connectivity index (χ2n) is 3.01. The lowest BCUT2D eigenvalue weighted by Crippen LogP contribution is -1.97. The minimum absolute atomic E-state index is 0.0488. The molecule has 1 aromatic rings. The van der Waals surface area contributed by atoms with Crippen LogP contribution in [0.2, 0.25) is 0 Å². The molecular weight excluding hydrogens is 196 g/mol. The number of Topliss-reactive ketones (excluding diaryl/α,β-unsaturated/α-hetero) is 1. The molecule has 0 amide bonds. The van der Waals surface area contributed by atoms with E-state index in [1.165, 1.54) is 18.7 Å². The third-order valence-corrected chi connectivity index (χ3v) is 2.54. The van der Waals surface area contributed by atoms with Crippen LogP contribution in [0.25, 0.3) is 0 Å². The smallest absolute Gasteiger partial charge is 0.193 e. The highest BCUT2D eigenvalue weighted by atomic mass is 32.2. The largest absolute Gasteiger partial charge is 0.295 e. The van der Waals surface area contributed by atoms with Crippen LogP contribution in [0.4, 0.5) is 0 Å². The van der Waals surface area contributed by atoms with Crippen LogP contribution >= 0.6 is 11.8 Å². The van der Waals surface area contributed by atoms with Crippen LogP contribution in [0.1, 0.15) is 22.8 Å². The monoisotopic (exact) mass is 208 g/mol. The van der Waals surface area contributed by atoms with Crippen molar-refractivity contribution < 1.29 is 9.59 Å². The molecular formula is C11H12O2S. The number of rotatable bonds is 3. The van der Waals surface area contributed by atoms with Gasteiger partial charge < -0.3 is 0 Å². The Kier molecular flexibility index (Phi) is 3.89. The Bertz CT molecular complexity index is 341. The van der Waals surface area contributed by atoms with Crippen molar-refractivity contribution in [2.24, 2.45) is 0 Å². The number of thioether (sulfide) groups is 1. The fourth-order valence-corrected chi connectivity index (χ4v) is 1.41. The summed E-state index contributed by atoms with van der Waals surface area (Å²) in [6, 6.07) is 7.16. The molecule has 14 heavy (non-hydrogen) atoms. The highest BCUT2D eigenvalue weighted by Crippen LogP contribution is 2.09. The number of benzene rings is 1. The molecule has 3 heteroatoms. The first-order chi connectivity index (χ1) is 6.63. The molecule has 0 spiro atoms. The summed E-state index contributed by atoms with van der Waals surface area (Å²) >= 11 is 1.22. The molecule has 1 aromatic carbocycles. The molecule has 0 saturated heterocycles. The van der Waals surface area contributed by atoms with E-state index in [0.717, 1.165) is 5.56 Å². The summed E-state index contributed by atoms with van der Waals surface area (Å²) in [5.41, 5.74) is 1.64. The second kappa shape index (κ2) is 4.96. The lowest BCUT2D eigenvalue weighted by molar-refractivity contribution is -0.110. The maximum Gasteiger partial charge on any atom is 0.193 e. The zero-order valence-electron chi connectivity index (χ0n) is 8.24. The van der Waals surface area contributed by atoms with Crippen molar-refractivity contribution in [2.75, 3.05) is 6.26 Å². The van der Waals surface area contributed by atoms with Crippen LogP contribution in [-0.2, 0) is 11.2 Å². The predicted molar refractivity (Wildman–Crippen MR) is 58.7 cm³/mol. The van der Waals surface area contributed by atoms with Gasteiger partial charge in [-0.3, -0.25) is 9.59 Å². The average Bonchev–Trinajstić information content (AvgIpc) is 2.18. The molecule has 0 bridgehead atoms. The van der Waals surface area contributed by atoms with Gasteiger partial charge in [0.25, 0.3) is 0 Å². The van der Waals surface area contributed by atoms with Gasteiger partial charge in [-0.1, -0.05) is 36.0 Å². The van der Waals surface area contributed by atoms with Crippen molar-refractivity contribution >= 4 is 22.7 Å². The van der Waals surface area contributed by atoms with Crippen LogP contribution in [0.5, 0.6) is 0 Å². The van der Waals surface area contributed by atoms with Crippen LogP contribution in [0, 0.1) is 0 Å². The number of hydrogen-bond donors (Lipinski definition) is 0. The van der Waals surface area contributed by atoms with Gasteiger partial charge in [0.1, 0.15) is 0 Å². The van der Waals surface area contributed by atoms with E-state index >= 15 is 0 Å². The van der Waals surface area contributed by atoms with E-state index in [9.17, 15) is 9.59 Å². The molecule has 0 aliphatic rings. The number of carbonyl (C=O) groups excluding carboxylic acids is 2. The SMILES string of the molecule is CSC(=O)Cc1ccc(C(C)=O)cc1. The number of hydrogen-bond acceptors (Lipinski definition) is 3. The van der Waals surface area contributed by atoms with Gasteiger partial charge in [-0.15, -0.1) is 0 Å². The Balaban J connectivity index is 2.73. The third kappa shape index (κ3) is 3.00. The fourth-order valence-electron chi connectivity index (χ4n) is 1.10. The Labute approximate surface area is 87.7 Å². The van der Waals surface area contributed by atoms with E-state index < -0.39 is 0 Å². The van der Waals surface area contributed by atoms with E-state index in [4.69, 9.17) is 0 Å². The van der Waals surface area contributed by atoms with Gasteiger partial charge in [-0.25, -0.2) is 0 Å². The molecule has 0 unspecified atom stereocenters. The first kappa shape index (κ1) is 11.0. The highest BCUT2D eigenvalue weighted by Gasteiger charge is 2.02. The van der Waals surface area contributed by atoms with Gasteiger partial charge >= 0.3 is 0 Å². The van der Waals surface area contributed by atoms with Gasteiger partial charge in [0.2, 0.25) is 0 Å². The van der Waals surface area contributed by atoms with Crippen molar-refractivity contribution in [1.82, 2.24) is 0 Å². The predicted octanol–water partition coefficient (Wildman–Crippen LogP) is 2.32. The van der Waals surface area contributed by atoms with Gasteiger partial charge in [0.05, 0.1) is 0 Å². The Morgan fingerprint density at radius 1 is 1.21 bits per heavy atom. The van der Waals surface area contributed by atoms with Crippen LogP contribution in [0.3, 0.4) is 0 Å². The van der Waals surface area contributed by atoms with Crippen LogP contribution < -0.4 is 0 Å². The molecule has 0 aliphatic heterocycles. The van der Waals surface area contributed by atoms with E-state index in [2.05, 4.69) is 0 Å². The van der Waals surface area contributed by atoms with Crippen molar-refractivity contribution in [3.05, 3.63) is 35.4 Å². The molecule has 0 saturated carbocycles. The standard InChI is InChI=1S/C11H12O2S/c1-8(12)10-5-3-9(4-6-10)7-11(13)14-2/h3-6H,7H2,1-2H3. The fraction of sp³-hybridized carbons (Fsp3) is 0.273. The summed E-state index contributed by atoms with van der Waals surface area (Å²) in [6.45, 7) is 1.53. The van der Waals surface area contributed by atoms with E-state index in [1.807, 2.05) is 12.1 Å². The van der Waals surface area contributed by atoms with Crippen molar-refractivity contribution in [3.63, 3.8) is 0 Å². The topological polar surface area (TPSA) is 34.1 Å². The Morgan fingerprint density at radius 2 is 1.79 bits per heavy atom. The Morgan fingerprint density at radius 3 is 2.21 bits per heavy atom. The van der Waals surface area contributed by atoms with Crippen LogP contribution in [-0.4, -0.2) is 17.2 Å². The maximum absolute atomic E-state index is 11.1. The first-order valence-corrected chi connectivity index (χ1v) is 5.52. The zero-order chi connectivity index (χ0) is 10.6. The zero-order valence-corrected chi connectivity index (χ0v) is 9.06. The molecule has 2 nitrogen and oxygen atoms in total. The molecule has 74 valence electrons. The minimum atomic E-state index is 0.0488. The van der Waals surface area contributed by atoms with Crippen molar-refractivity contribution in [1.29, 1.82) is 0 Å². The molecule has 0 N–H and O–H groups in total. The van der Waals surface area contributed by atoms with Crippen LogP contribution in [0.15, 0.2) is 24.3 Å². The molecule has 0 aliphatic carbocycles. The summed E-state index contributed by atoms with van der Waals surface area (Å²) in [7, 11) is 0. The molecule has 0 fully saturated rings. The lowest BCUT2D eigenvalue weighted by atomic mass is 10.1. The third-order valence-electron chi connectivity index (χ3n) is 1.94. The summed E-state index contributed by atoms with van der Waals surface area (Å²) in [6.07, 6.45) is 2.20. The van der Waals surface area contributed by atoms with Gasteiger partial charge in [-0.2, -0.15) is 0 Å². The van der Waals surface area contributed by atoms with E-state index in [1.54, 1.807) is 18.4 Å². The summed E-state index contributed by atoms with van der Waals surface area (Å²) < 4.78 is 0. The Hall–Kier alpha value is -1.09. The molecule has 1 rings (SSSR count). The van der Waals surface area contributed by atoms with Gasteiger partial charge in [0.15, 0.2) is 10.9 Å².